The van der Waals surface area contributed by atoms with Crippen molar-refractivity contribution in [2.45, 2.75) is 57.9 Å². The molecule has 2 heterocycles. The predicted molar refractivity (Wildman–Crippen MR) is 107 cm³/mol. The van der Waals surface area contributed by atoms with Crippen LogP contribution in [0.3, 0.4) is 0 Å². The van der Waals surface area contributed by atoms with Crippen molar-refractivity contribution in [3.05, 3.63) is 42.1 Å². The minimum absolute atomic E-state index is 0.464. The van der Waals surface area contributed by atoms with Crippen LogP contribution in [0, 0.1) is 0 Å². The van der Waals surface area contributed by atoms with Crippen LogP contribution in [0.5, 0.6) is 0 Å². The molecule has 1 aromatic heterocycles. The smallest absolute Gasteiger partial charge is 0.212 e. The van der Waals surface area contributed by atoms with E-state index >= 15 is 0 Å². The van der Waals surface area contributed by atoms with Crippen molar-refractivity contribution in [2.75, 3.05) is 18.4 Å². The van der Waals surface area contributed by atoms with Gasteiger partial charge in [-0.2, -0.15) is 5.10 Å². The minimum atomic E-state index is 0.464. The Hall–Kier alpha value is -2.14. The number of allylic oxidation sites excluding steroid dienone is 5. The van der Waals surface area contributed by atoms with Gasteiger partial charge in [-0.1, -0.05) is 31.2 Å². The Morgan fingerprint density at radius 3 is 2.62 bits per heavy atom. The number of rotatable bonds is 8. The molecule has 2 fully saturated rings. The lowest BCUT2D eigenvalue weighted by Gasteiger charge is -2.31. The molecule has 0 atom stereocenters. The summed E-state index contributed by atoms with van der Waals surface area (Å²) in [6.45, 7) is 10.4. The van der Waals surface area contributed by atoms with Gasteiger partial charge < -0.3 is 10.2 Å². The van der Waals surface area contributed by atoms with Crippen LogP contribution in [-0.4, -0.2) is 40.2 Å². The van der Waals surface area contributed by atoms with Crippen LogP contribution in [0.4, 0.5) is 5.82 Å². The fraction of sp³-hybridized carbons (Fsp3) is 0.524. The molecule has 5 heteroatoms. The molecule has 1 aliphatic carbocycles. The van der Waals surface area contributed by atoms with Gasteiger partial charge >= 0.3 is 0 Å². The van der Waals surface area contributed by atoms with Crippen molar-refractivity contribution in [1.29, 1.82) is 0 Å². The Kier molecular flexibility index (Phi) is 6.09. The van der Waals surface area contributed by atoms with E-state index in [0.29, 0.717) is 5.92 Å². The van der Waals surface area contributed by atoms with E-state index in [-0.39, 0.29) is 0 Å². The molecule has 1 saturated heterocycles. The van der Waals surface area contributed by atoms with E-state index in [2.05, 4.69) is 23.7 Å². The highest BCUT2D eigenvalue weighted by Crippen LogP contribution is 2.35. The summed E-state index contributed by atoms with van der Waals surface area (Å²) in [6.07, 6.45) is 12.7. The summed E-state index contributed by atoms with van der Waals surface area (Å²) < 4.78 is 1.83. The highest BCUT2D eigenvalue weighted by molar-refractivity contribution is 5.73. The molecule has 3 rings (SSSR count). The van der Waals surface area contributed by atoms with Gasteiger partial charge in [0.05, 0.1) is 11.4 Å². The van der Waals surface area contributed by atoms with E-state index in [1.807, 2.05) is 35.9 Å². The van der Waals surface area contributed by atoms with E-state index in [9.17, 15) is 4.79 Å². The van der Waals surface area contributed by atoms with Gasteiger partial charge in [-0.15, -0.1) is 0 Å². The Bertz CT molecular complexity index is 704. The maximum absolute atomic E-state index is 11.0. The average Bonchev–Trinajstić information content (AvgIpc) is 3.44. The van der Waals surface area contributed by atoms with E-state index in [4.69, 9.17) is 5.10 Å². The second-order valence-corrected chi connectivity index (χ2v) is 7.23. The topological polar surface area (TPSA) is 50.2 Å². The summed E-state index contributed by atoms with van der Waals surface area (Å²) in [4.78, 5) is 13.7. The average molecular weight is 354 g/mol. The summed E-state index contributed by atoms with van der Waals surface area (Å²) in [7, 11) is 0. The molecule has 0 unspecified atom stereocenters. The molecule has 1 amide bonds. The number of anilines is 1. The monoisotopic (exact) mass is 354 g/mol. The van der Waals surface area contributed by atoms with Crippen LogP contribution in [0.25, 0.3) is 5.70 Å². The van der Waals surface area contributed by atoms with Gasteiger partial charge in [-0.25, -0.2) is 4.68 Å². The lowest BCUT2D eigenvalue weighted by atomic mass is 9.93. The number of aromatic nitrogens is 2. The third-order valence-electron chi connectivity index (χ3n) is 5.43. The van der Waals surface area contributed by atoms with Crippen LogP contribution in [-0.2, 0) is 4.79 Å². The maximum atomic E-state index is 11.0. The number of nitrogens with one attached hydrogen (secondary N) is 1. The first-order valence-electron chi connectivity index (χ1n) is 9.73. The summed E-state index contributed by atoms with van der Waals surface area (Å²) in [5, 5.41) is 7.64. The molecule has 1 N–H and O–H groups in total. The maximum Gasteiger partial charge on any atom is 0.212 e. The Balaban J connectivity index is 1.78. The van der Waals surface area contributed by atoms with Crippen molar-refractivity contribution in [3.8, 4) is 0 Å². The molecule has 0 spiro atoms. The summed E-state index contributed by atoms with van der Waals surface area (Å²) in [5.74, 6) is 1.19. The largest absolute Gasteiger partial charge is 0.313 e. The molecule has 140 valence electrons. The summed E-state index contributed by atoms with van der Waals surface area (Å²) in [5.41, 5.74) is 3.08. The van der Waals surface area contributed by atoms with Crippen molar-refractivity contribution in [2.24, 2.45) is 0 Å². The fourth-order valence-electron chi connectivity index (χ4n) is 3.57. The number of likely N-dealkylation sites (tertiary alicyclic amines) is 1. The SMILES string of the molecule is C=C(/C=C\C(=C/C)n1nc(C2CCN(C3CC3)CC2)cc1NC=O)CC. The van der Waals surface area contributed by atoms with Crippen LogP contribution < -0.4 is 5.32 Å². The number of nitrogens with zero attached hydrogens (tertiary/aromatic N) is 3. The van der Waals surface area contributed by atoms with Gasteiger partial charge in [-0.05, 0) is 58.2 Å². The quantitative estimate of drug-likeness (QED) is 0.563. The second kappa shape index (κ2) is 8.49. The van der Waals surface area contributed by atoms with Gasteiger partial charge in [0, 0.05) is 18.0 Å². The normalized spacial score (nSPS) is 19.8. The van der Waals surface area contributed by atoms with Crippen LogP contribution in [0.15, 0.2) is 36.4 Å². The molecular weight excluding hydrogens is 324 g/mol. The molecule has 5 nitrogen and oxygen atoms in total. The highest BCUT2D eigenvalue weighted by Gasteiger charge is 2.33. The molecule has 1 aliphatic heterocycles. The summed E-state index contributed by atoms with van der Waals surface area (Å²) in [6, 6.07) is 2.87. The van der Waals surface area contributed by atoms with Gasteiger partial charge in [0.15, 0.2) is 0 Å². The van der Waals surface area contributed by atoms with E-state index in [1.165, 1.54) is 12.8 Å². The van der Waals surface area contributed by atoms with E-state index in [0.717, 1.165) is 67.6 Å². The van der Waals surface area contributed by atoms with Crippen molar-refractivity contribution < 1.29 is 4.79 Å². The Morgan fingerprint density at radius 2 is 2.04 bits per heavy atom. The molecule has 1 aromatic rings. The first-order valence-corrected chi connectivity index (χ1v) is 9.73. The van der Waals surface area contributed by atoms with Gasteiger partial charge in [0.1, 0.15) is 5.82 Å². The number of piperidine rings is 1. The molecule has 0 bridgehead atoms. The van der Waals surface area contributed by atoms with Gasteiger partial charge in [0.25, 0.3) is 0 Å². The van der Waals surface area contributed by atoms with Crippen LogP contribution in [0.2, 0.25) is 0 Å². The molecule has 1 saturated carbocycles. The van der Waals surface area contributed by atoms with Gasteiger partial charge in [0.2, 0.25) is 6.41 Å². The zero-order valence-electron chi connectivity index (χ0n) is 15.9. The molecular formula is C21H30N4O. The zero-order chi connectivity index (χ0) is 18.5. The van der Waals surface area contributed by atoms with E-state index < -0.39 is 0 Å². The molecule has 26 heavy (non-hydrogen) atoms. The van der Waals surface area contributed by atoms with Crippen molar-refractivity contribution in [3.63, 3.8) is 0 Å². The highest BCUT2D eigenvalue weighted by atomic mass is 16.1. The third kappa shape index (κ3) is 4.33. The molecule has 2 aliphatic rings. The first kappa shape index (κ1) is 18.6. The summed E-state index contributed by atoms with van der Waals surface area (Å²) >= 11 is 0. The minimum Gasteiger partial charge on any atom is -0.313 e. The number of amides is 1. The fourth-order valence-corrected chi connectivity index (χ4v) is 3.57. The van der Waals surface area contributed by atoms with E-state index in [1.54, 1.807) is 0 Å². The number of carbonyl (C=O) groups is 1. The Labute approximate surface area is 156 Å². The number of carbonyl (C=O) groups excluding carboxylic acids is 1. The van der Waals surface area contributed by atoms with Crippen molar-refractivity contribution >= 4 is 17.9 Å². The standard InChI is InChI=1S/C21H30N4O/c1-4-16(3)6-7-18(5-2)25-21(22-15-26)14-20(23-25)17-10-12-24(13-11-17)19-8-9-19/h5-7,14-15,17,19H,3-4,8-13H2,1-2H3,(H,22,26)/b7-6-,18-5+. The van der Waals surface area contributed by atoms with Crippen molar-refractivity contribution in [1.82, 2.24) is 14.7 Å². The lowest BCUT2D eigenvalue weighted by Crippen LogP contribution is -2.34. The zero-order valence-corrected chi connectivity index (χ0v) is 15.9. The van der Waals surface area contributed by atoms with Crippen LogP contribution >= 0.6 is 0 Å². The Morgan fingerprint density at radius 1 is 1.31 bits per heavy atom. The third-order valence-corrected chi connectivity index (χ3v) is 5.43. The molecule has 0 radical (unpaired) electrons. The van der Waals surface area contributed by atoms with Crippen LogP contribution in [0.1, 0.15) is 57.6 Å². The second-order valence-electron chi connectivity index (χ2n) is 7.23. The number of hydrogen-bond donors (Lipinski definition) is 1. The predicted octanol–water partition coefficient (Wildman–Crippen LogP) is 4.18. The van der Waals surface area contributed by atoms with Gasteiger partial charge in [-0.3, -0.25) is 4.79 Å². The molecule has 0 aromatic carbocycles. The number of hydrogen-bond acceptors (Lipinski definition) is 3. The lowest BCUT2D eigenvalue weighted by molar-refractivity contribution is -0.105. The first-order chi connectivity index (χ1) is 12.7.